The van der Waals surface area contributed by atoms with Crippen LogP contribution in [0.4, 0.5) is 0 Å². The van der Waals surface area contributed by atoms with Crippen molar-refractivity contribution < 1.29 is 14.7 Å². The van der Waals surface area contributed by atoms with Crippen LogP contribution >= 0.6 is 0 Å². The maximum absolute atomic E-state index is 12.5. The molecule has 2 amide bonds. The van der Waals surface area contributed by atoms with Crippen molar-refractivity contribution >= 4 is 22.6 Å². The number of carbonyl (C=O) groups excluding carboxylic acids is 2. The van der Waals surface area contributed by atoms with Crippen LogP contribution in [-0.4, -0.2) is 53.4 Å². The summed E-state index contributed by atoms with van der Waals surface area (Å²) >= 11 is 0. The lowest BCUT2D eigenvalue weighted by atomic mass is 10.0. The molecule has 1 heterocycles. The SMILES string of the molecule is CN1CCN(C(=O)c2cc3ccccc3cc2O)CC1=O. The zero-order chi connectivity index (χ0) is 15.0. The number of fused-ring (bicyclic) bond motifs is 1. The molecular formula is C16H16N2O3. The van der Waals surface area contributed by atoms with Gasteiger partial charge in [0.05, 0.1) is 5.56 Å². The van der Waals surface area contributed by atoms with Crippen molar-refractivity contribution in [1.82, 2.24) is 9.80 Å². The number of nitrogens with zero attached hydrogens (tertiary/aromatic N) is 2. The molecule has 5 nitrogen and oxygen atoms in total. The lowest BCUT2D eigenvalue weighted by Crippen LogP contribution is -2.50. The number of hydrogen-bond donors (Lipinski definition) is 1. The second kappa shape index (κ2) is 5.09. The number of hydrogen-bond acceptors (Lipinski definition) is 3. The van der Waals surface area contributed by atoms with Crippen molar-refractivity contribution in [2.75, 3.05) is 26.7 Å². The molecular weight excluding hydrogens is 268 g/mol. The van der Waals surface area contributed by atoms with Crippen LogP contribution in [0.25, 0.3) is 10.8 Å². The Morgan fingerprint density at radius 1 is 1.14 bits per heavy atom. The van der Waals surface area contributed by atoms with Gasteiger partial charge in [0.15, 0.2) is 0 Å². The number of phenols is 1. The minimum atomic E-state index is -0.306. The molecule has 2 aromatic rings. The fraction of sp³-hybridized carbons (Fsp3) is 0.250. The number of piperazine rings is 1. The molecule has 108 valence electrons. The number of benzene rings is 2. The predicted octanol–water partition coefficient (Wildman–Crippen LogP) is 1.46. The van der Waals surface area contributed by atoms with Crippen molar-refractivity contribution in [3.8, 4) is 5.75 Å². The van der Waals surface area contributed by atoms with Gasteiger partial charge < -0.3 is 14.9 Å². The number of aromatic hydroxyl groups is 1. The lowest BCUT2D eigenvalue weighted by molar-refractivity contribution is -0.133. The summed E-state index contributed by atoms with van der Waals surface area (Å²) in [5, 5.41) is 11.8. The average Bonchev–Trinajstić information content (AvgIpc) is 2.48. The molecule has 1 aliphatic rings. The largest absolute Gasteiger partial charge is 0.507 e. The summed E-state index contributed by atoms with van der Waals surface area (Å²) in [4.78, 5) is 27.3. The Hall–Kier alpha value is -2.56. The van der Waals surface area contributed by atoms with Gasteiger partial charge in [0.2, 0.25) is 5.91 Å². The lowest BCUT2D eigenvalue weighted by Gasteiger charge is -2.32. The normalized spacial score (nSPS) is 15.6. The van der Waals surface area contributed by atoms with E-state index < -0.39 is 0 Å². The maximum atomic E-state index is 12.5. The van der Waals surface area contributed by atoms with Crippen LogP contribution in [0.1, 0.15) is 10.4 Å². The van der Waals surface area contributed by atoms with Crippen LogP contribution < -0.4 is 0 Å². The molecule has 1 saturated heterocycles. The molecule has 0 atom stereocenters. The number of amides is 2. The van der Waals surface area contributed by atoms with Gasteiger partial charge in [-0.2, -0.15) is 0 Å². The minimum absolute atomic E-state index is 0.0509. The van der Waals surface area contributed by atoms with Crippen LogP contribution in [0.5, 0.6) is 5.75 Å². The van der Waals surface area contributed by atoms with Gasteiger partial charge in [-0.15, -0.1) is 0 Å². The molecule has 21 heavy (non-hydrogen) atoms. The standard InChI is InChI=1S/C16H16N2O3/c1-17-6-7-18(10-15(17)20)16(21)13-8-11-4-2-3-5-12(11)9-14(13)19/h2-5,8-9,19H,6-7,10H2,1H3. The highest BCUT2D eigenvalue weighted by atomic mass is 16.3. The molecule has 5 heteroatoms. The van der Waals surface area contributed by atoms with Crippen molar-refractivity contribution in [3.63, 3.8) is 0 Å². The highest BCUT2D eigenvalue weighted by Gasteiger charge is 2.27. The van der Waals surface area contributed by atoms with Gasteiger partial charge in [-0.05, 0) is 22.9 Å². The first kappa shape index (κ1) is 13.4. The van der Waals surface area contributed by atoms with Crippen LogP contribution in [0.2, 0.25) is 0 Å². The zero-order valence-corrected chi connectivity index (χ0v) is 11.7. The maximum Gasteiger partial charge on any atom is 0.258 e. The van der Waals surface area contributed by atoms with E-state index in [0.29, 0.717) is 13.1 Å². The summed E-state index contributed by atoms with van der Waals surface area (Å²) in [6.45, 7) is 1.05. The van der Waals surface area contributed by atoms with E-state index in [2.05, 4.69) is 0 Å². The first-order chi connectivity index (χ1) is 10.1. The van der Waals surface area contributed by atoms with E-state index in [1.54, 1.807) is 24.1 Å². The molecule has 2 aromatic carbocycles. The Bertz CT molecular complexity index is 727. The number of phenolic OH excluding ortho intramolecular Hbond substituents is 1. The first-order valence-electron chi connectivity index (χ1n) is 6.81. The number of likely N-dealkylation sites (N-methyl/N-ethyl adjacent to an activating group) is 1. The van der Waals surface area contributed by atoms with E-state index in [1.165, 1.54) is 4.90 Å². The molecule has 1 fully saturated rings. The molecule has 0 aliphatic carbocycles. The monoisotopic (exact) mass is 284 g/mol. The average molecular weight is 284 g/mol. The van der Waals surface area contributed by atoms with Gasteiger partial charge in [0.1, 0.15) is 12.3 Å². The number of carbonyl (C=O) groups is 2. The van der Waals surface area contributed by atoms with Crippen molar-refractivity contribution in [2.45, 2.75) is 0 Å². The summed E-state index contributed by atoms with van der Waals surface area (Å²) in [5.41, 5.74) is 0.242. The molecule has 0 radical (unpaired) electrons. The van der Waals surface area contributed by atoms with Crippen molar-refractivity contribution in [2.24, 2.45) is 0 Å². The molecule has 0 saturated carbocycles. The molecule has 0 spiro atoms. The van der Waals surface area contributed by atoms with E-state index in [4.69, 9.17) is 0 Å². The van der Waals surface area contributed by atoms with E-state index in [1.807, 2.05) is 24.3 Å². The minimum Gasteiger partial charge on any atom is -0.507 e. The van der Waals surface area contributed by atoms with Gasteiger partial charge in [-0.25, -0.2) is 0 Å². The fourth-order valence-electron chi connectivity index (χ4n) is 2.50. The summed E-state index contributed by atoms with van der Waals surface area (Å²) < 4.78 is 0. The topological polar surface area (TPSA) is 60.9 Å². The van der Waals surface area contributed by atoms with Crippen LogP contribution in [-0.2, 0) is 4.79 Å². The third-order valence-corrected chi connectivity index (χ3v) is 3.84. The van der Waals surface area contributed by atoms with Crippen LogP contribution in [0.15, 0.2) is 36.4 Å². The van der Waals surface area contributed by atoms with Crippen LogP contribution in [0, 0.1) is 0 Å². The number of rotatable bonds is 1. The Balaban J connectivity index is 1.94. The van der Waals surface area contributed by atoms with Gasteiger partial charge in [-0.1, -0.05) is 24.3 Å². The van der Waals surface area contributed by atoms with E-state index in [9.17, 15) is 14.7 Å². The smallest absolute Gasteiger partial charge is 0.258 e. The highest BCUT2D eigenvalue weighted by Crippen LogP contribution is 2.26. The van der Waals surface area contributed by atoms with E-state index in [-0.39, 0.29) is 29.7 Å². The summed E-state index contributed by atoms with van der Waals surface area (Å²) in [5.74, 6) is -0.445. The second-order valence-corrected chi connectivity index (χ2v) is 5.26. The summed E-state index contributed by atoms with van der Waals surface area (Å²) in [6.07, 6.45) is 0. The first-order valence-corrected chi connectivity index (χ1v) is 6.81. The van der Waals surface area contributed by atoms with E-state index >= 15 is 0 Å². The predicted molar refractivity (Wildman–Crippen MR) is 79.2 cm³/mol. The Morgan fingerprint density at radius 3 is 2.48 bits per heavy atom. The fourth-order valence-corrected chi connectivity index (χ4v) is 2.50. The third kappa shape index (κ3) is 2.42. The van der Waals surface area contributed by atoms with Crippen molar-refractivity contribution in [3.05, 3.63) is 42.0 Å². The van der Waals surface area contributed by atoms with Gasteiger partial charge >= 0.3 is 0 Å². The summed E-state index contributed by atoms with van der Waals surface area (Å²) in [7, 11) is 1.72. The molecule has 3 rings (SSSR count). The third-order valence-electron chi connectivity index (χ3n) is 3.84. The van der Waals surface area contributed by atoms with E-state index in [0.717, 1.165) is 10.8 Å². The zero-order valence-electron chi connectivity index (χ0n) is 11.7. The molecule has 1 N–H and O–H groups in total. The Kier molecular flexibility index (Phi) is 3.25. The summed E-state index contributed by atoms with van der Waals surface area (Å²) in [6, 6.07) is 10.8. The molecule has 1 aliphatic heterocycles. The van der Waals surface area contributed by atoms with Crippen LogP contribution in [0.3, 0.4) is 0 Å². The van der Waals surface area contributed by atoms with Gasteiger partial charge in [-0.3, -0.25) is 9.59 Å². The highest BCUT2D eigenvalue weighted by molar-refractivity contribution is 6.02. The molecule has 0 unspecified atom stereocenters. The Labute approximate surface area is 122 Å². The van der Waals surface area contributed by atoms with Gasteiger partial charge in [0, 0.05) is 20.1 Å². The van der Waals surface area contributed by atoms with Crippen molar-refractivity contribution in [1.29, 1.82) is 0 Å². The molecule has 0 bridgehead atoms. The van der Waals surface area contributed by atoms with Gasteiger partial charge in [0.25, 0.3) is 5.91 Å². The molecule has 0 aromatic heterocycles. The second-order valence-electron chi connectivity index (χ2n) is 5.26. The quantitative estimate of drug-likeness (QED) is 0.862. The Morgan fingerprint density at radius 2 is 1.81 bits per heavy atom.